The first-order valence-corrected chi connectivity index (χ1v) is 9.96. The maximum atomic E-state index is 12.3. The van der Waals surface area contributed by atoms with Crippen molar-refractivity contribution in [3.8, 4) is 6.07 Å². The SMILES string of the molecule is N#Cc1c(NC(=O)/C=C/c2ccccc2)sc2c1CCN(C(=O)OCC(=O)OCl)C2. The average Bonchev–Trinajstić information content (AvgIpc) is 3.12. The number of benzene rings is 1. The number of fused-ring (bicyclic) bond motifs is 1. The Labute approximate surface area is 181 Å². The minimum atomic E-state index is -0.876. The van der Waals surface area contributed by atoms with Crippen molar-refractivity contribution in [2.24, 2.45) is 0 Å². The van der Waals surface area contributed by atoms with Crippen molar-refractivity contribution in [1.82, 2.24) is 4.90 Å². The number of hydrogen-bond acceptors (Lipinski definition) is 7. The number of halogens is 1. The highest BCUT2D eigenvalue weighted by atomic mass is 35.5. The first-order valence-electron chi connectivity index (χ1n) is 8.83. The normalized spacial score (nSPS) is 12.7. The van der Waals surface area contributed by atoms with Gasteiger partial charge in [-0.1, -0.05) is 30.3 Å². The summed E-state index contributed by atoms with van der Waals surface area (Å²) in [5, 5.41) is 12.7. The molecule has 1 aliphatic rings. The van der Waals surface area contributed by atoms with Crippen LogP contribution in [0.15, 0.2) is 36.4 Å². The Balaban J connectivity index is 1.68. The van der Waals surface area contributed by atoms with Crippen LogP contribution in [-0.4, -0.2) is 36.0 Å². The molecule has 30 heavy (non-hydrogen) atoms. The number of carbonyl (C=O) groups is 3. The van der Waals surface area contributed by atoms with Crippen LogP contribution in [0.25, 0.3) is 6.08 Å². The summed E-state index contributed by atoms with van der Waals surface area (Å²) >= 11 is 6.14. The summed E-state index contributed by atoms with van der Waals surface area (Å²) in [6.45, 7) is -0.0672. The van der Waals surface area contributed by atoms with Gasteiger partial charge in [-0.15, -0.1) is 11.3 Å². The van der Waals surface area contributed by atoms with Crippen molar-refractivity contribution < 1.29 is 23.4 Å². The summed E-state index contributed by atoms with van der Waals surface area (Å²) in [5.41, 5.74) is 2.08. The lowest BCUT2D eigenvalue weighted by Gasteiger charge is -2.25. The second kappa shape index (κ2) is 9.91. The molecule has 3 rings (SSSR count). The zero-order valence-electron chi connectivity index (χ0n) is 15.6. The van der Waals surface area contributed by atoms with E-state index in [1.807, 2.05) is 30.3 Å². The van der Waals surface area contributed by atoms with E-state index in [4.69, 9.17) is 16.6 Å². The van der Waals surface area contributed by atoms with Crippen LogP contribution in [0.1, 0.15) is 21.6 Å². The van der Waals surface area contributed by atoms with Gasteiger partial charge in [-0.25, -0.2) is 9.59 Å². The lowest BCUT2D eigenvalue weighted by Crippen LogP contribution is -2.36. The number of thiophene rings is 1. The van der Waals surface area contributed by atoms with E-state index < -0.39 is 18.7 Å². The molecule has 1 N–H and O–H groups in total. The molecular formula is C20H16ClN3O5S. The number of rotatable bonds is 5. The zero-order chi connectivity index (χ0) is 21.5. The van der Waals surface area contributed by atoms with E-state index in [9.17, 15) is 19.6 Å². The number of carbonyl (C=O) groups excluding carboxylic acids is 3. The molecular weight excluding hydrogens is 430 g/mol. The summed E-state index contributed by atoms with van der Waals surface area (Å²) in [5.74, 6) is -1.23. The van der Waals surface area contributed by atoms with Gasteiger partial charge in [0.1, 0.15) is 22.9 Å². The first-order chi connectivity index (χ1) is 14.5. The first kappa shape index (κ1) is 21.4. The van der Waals surface area contributed by atoms with Gasteiger partial charge < -0.3 is 19.2 Å². The van der Waals surface area contributed by atoms with E-state index in [1.54, 1.807) is 6.08 Å². The number of amides is 2. The molecule has 1 aromatic carbocycles. The molecule has 2 amide bonds. The Morgan fingerprint density at radius 3 is 2.77 bits per heavy atom. The van der Waals surface area contributed by atoms with Crippen molar-refractivity contribution in [2.75, 3.05) is 18.5 Å². The summed E-state index contributed by atoms with van der Waals surface area (Å²) < 4.78 is 8.76. The van der Waals surface area contributed by atoms with Crippen LogP contribution in [0, 0.1) is 11.3 Å². The van der Waals surface area contributed by atoms with Gasteiger partial charge in [0.25, 0.3) is 0 Å². The number of nitrogens with one attached hydrogen (secondary N) is 1. The van der Waals surface area contributed by atoms with Gasteiger partial charge in [-0.05, 0) is 23.6 Å². The van der Waals surface area contributed by atoms with Crippen LogP contribution in [0.3, 0.4) is 0 Å². The number of nitrogens with zero attached hydrogens (tertiary/aromatic N) is 2. The highest BCUT2D eigenvalue weighted by Crippen LogP contribution is 2.36. The van der Waals surface area contributed by atoms with Gasteiger partial charge in [0.15, 0.2) is 6.61 Å². The number of ether oxygens (including phenoxy) is 1. The van der Waals surface area contributed by atoms with Crippen LogP contribution in [-0.2, 0) is 31.6 Å². The monoisotopic (exact) mass is 445 g/mol. The number of hydrogen-bond donors (Lipinski definition) is 1. The van der Waals surface area contributed by atoms with Gasteiger partial charge in [0, 0.05) is 17.5 Å². The highest BCUT2D eigenvalue weighted by Gasteiger charge is 2.28. The molecule has 8 nitrogen and oxygen atoms in total. The maximum Gasteiger partial charge on any atom is 0.410 e. The van der Waals surface area contributed by atoms with Crippen LogP contribution in [0.5, 0.6) is 0 Å². The molecule has 0 unspecified atom stereocenters. The Kier molecular flexibility index (Phi) is 7.06. The zero-order valence-corrected chi connectivity index (χ0v) is 17.2. The summed E-state index contributed by atoms with van der Waals surface area (Å²) in [4.78, 5) is 37.6. The molecule has 1 aliphatic heterocycles. The maximum absolute atomic E-state index is 12.3. The fourth-order valence-electron chi connectivity index (χ4n) is 2.89. The second-order valence-electron chi connectivity index (χ2n) is 6.23. The van der Waals surface area contributed by atoms with Crippen LogP contribution in [0.2, 0.25) is 0 Å². The molecule has 10 heteroatoms. The molecule has 0 aliphatic carbocycles. The predicted molar refractivity (Wildman–Crippen MR) is 111 cm³/mol. The Hall–Kier alpha value is -3.35. The average molecular weight is 446 g/mol. The summed E-state index contributed by atoms with van der Waals surface area (Å²) in [6, 6.07) is 11.5. The molecule has 2 aromatic rings. The minimum absolute atomic E-state index is 0.208. The predicted octanol–water partition coefficient (Wildman–Crippen LogP) is 3.46. The summed E-state index contributed by atoms with van der Waals surface area (Å²) in [7, 11) is 0. The fraction of sp³-hybridized carbons (Fsp3) is 0.200. The third-order valence-corrected chi connectivity index (χ3v) is 5.59. The molecule has 0 fully saturated rings. The molecule has 0 bridgehead atoms. The molecule has 1 aromatic heterocycles. The van der Waals surface area contributed by atoms with Crippen molar-refractivity contribution in [2.45, 2.75) is 13.0 Å². The Morgan fingerprint density at radius 2 is 2.07 bits per heavy atom. The highest BCUT2D eigenvalue weighted by molar-refractivity contribution is 7.16. The molecule has 0 atom stereocenters. The van der Waals surface area contributed by atoms with Gasteiger partial charge >= 0.3 is 12.1 Å². The van der Waals surface area contributed by atoms with E-state index >= 15 is 0 Å². The molecule has 0 saturated heterocycles. The molecule has 2 heterocycles. The van der Waals surface area contributed by atoms with Crippen molar-refractivity contribution in [1.29, 1.82) is 5.26 Å². The summed E-state index contributed by atoms with van der Waals surface area (Å²) in [6.07, 6.45) is 2.82. The van der Waals surface area contributed by atoms with E-state index in [1.165, 1.54) is 22.3 Å². The van der Waals surface area contributed by atoms with Crippen LogP contribution >= 0.6 is 23.2 Å². The second-order valence-corrected chi connectivity index (χ2v) is 7.49. The van der Waals surface area contributed by atoms with Crippen molar-refractivity contribution in [3.05, 3.63) is 58.0 Å². The molecule has 0 radical (unpaired) electrons. The third kappa shape index (κ3) is 5.17. The third-order valence-electron chi connectivity index (χ3n) is 4.29. The van der Waals surface area contributed by atoms with Gasteiger partial charge in [-0.3, -0.25) is 4.79 Å². The lowest BCUT2D eigenvalue weighted by molar-refractivity contribution is -0.137. The van der Waals surface area contributed by atoms with E-state index in [-0.39, 0.29) is 12.5 Å². The largest absolute Gasteiger partial charge is 0.437 e. The van der Waals surface area contributed by atoms with E-state index in [2.05, 4.69) is 15.7 Å². The quantitative estimate of drug-likeness (QED) is 0.706. The Bertz CT molecular complexity index is 1030. The smallest absolute Gasteiger partial charge is 0.410 e. The number of anilines is 1. The topological polar surface area (TPSA) is 109 Å². The van der Waals surface area contributed by atoms with Gasteiger partial charge in [-0.2, -0.15) is 5.26 Å². The lowest BCUT2D eigenvalue weighted by atomic mass is 10.0. The fourth-order valence-corrected chi connectivity index (χ4v) is 4.15. The van der Waals surface area contributed by atoms with Crippen molar-refractivity contribution >= 4 is 52.2 Å². The van der Waals surface area contributed by atoms with E-state index in [0.717, 1.165) is 16.0 Å². The molecule has 0 saturated carbocycles. The molecule has 154 valence electrons. The number of nitriles is 1. The van der Waals surface area contributed by atoms with Gasteiger partial charge in [0.05, 0.1) is 12.1 Å². The van der Waals surface area contributed by atoms with Crippen LogP contribution in [0.4, 0.5) is 9.80 Å². The van der Waals surface area contributed by atoms with Crippen molar-refractivity contribution in [3.63, 3.8) is 0 Å². The van der Waals surface area contributed by atoms with E-state index in [0.29, 0.717) is 23.5 Å². The Morgan fingerprint density at radius 1 is 1.30 bits per heavy atom. The minimum Gasteiger partial charge on any atom is -0.437 e. The molecule has 0 spiro atoms. The van der Waals surface area contributed by atoms with Crippen LogP contribution < -0.4 is 5.32 Å². The standard InChI is InChI=1S/C20H16ClN3O5S/c21-29-18(26)12-28-20(27)24-9-8-14-15(10-22)19(30-16(14)11-24)23-17(25)7-6-13-4-2-1-3-5-13/h1-7H,8-9,11-12H2,(H,23,25)/b7-6+. The van der Waals surface area contributed by atoms with Gasteiger partial charge in [0.2, 0.25) is 5.91 Å².